The molecule has 0 atom stereocenters. The Morgan fingerprint density at radius 3 is 2.80 bits per heavy atom. The summed E-state index contributed by atoms with van der Waals surface area (Å²) in [4.78, 5) is 4.23. The Morgan fingerprint density at radius 1 is 1.20 bits per heavy atom. The summed E-state index contributed by atoms with van der Waals surface area (Å²) in [5, 5.41) is 8.52. The summed E-state index contributed by atoms with van der Waals surface area (Å²) in [6, 6.07) is 9.85. The van der Waals surface area contributed by atoms with Gasteiger partial charge in [-0.1, -0.05) is 18.2 Å². The third-order valence-corrected chi connectivity index (χ3v) is 2.86. The molecule has 2 aromatic heterocycles. The fraction of sp³-hybridized carbons (Fsp3) is 0.214. The molecule has 0 saturated carbocycles. The number of aromatic nitrogens is 5. The van der Waals surface area contributed by atoms with E-state index in [9.17, 15) is 0 Å². The molecule has 2 heterocycles. The lowest BCUT2D eigenvalue weighted by Crippen LogP contribution is -2.00. The number of nitrogens with zero attached hydrogens (tertiary/aromatic N) is 5. The summed E-state index contributed by atoms with van der Waals surface area (Å²) in [6.07, 6.45) is 5.23. The Hall–Kier alpha value is -2.63. The van der Waals surface area contributed by atoms with Crippen molar-refractivity contribution in [1.82, 2.24) is 24.5 Å². The molecule has 1 aromatic carbocycles. The van der Waals surface area contributed by atoms with Gasteiger partial charge in [0.15, 0.2) is 11.6 Å². The van der Waals surface area contributed by atoms with Crippen LogP contribution in [0.15, 0.2) is 49.1 Å². The molecule has 0 saturated heterocycles. The van der Waals surface area contributed by atoms with E-state index in [-0.39, 0.29) is 0 Å². The molecule has 0 fully saturated rings. The predicted molar refractivity (Wildman–Crippen MR) is 73.6 cm³/mol. The van der Waals surface area contributed by atoms with Crippen LogP contribution < -0.4 is 4.74 Å². The van der Waals surface area contributed by atoms with Gasteiger partial charge in [0.25, 0.3) is 0 Å². The molecular weight excluding hydrogens is 254 g/mol. The summed E-state index contributed by atoms with van der Waals surface area (Å²) in [7, 11) is 0. The maximum Gasteiger partial charge on any atom is 0.188 e. The van der Waals surface area contributed by atoms with Crippen molar-refractivity contribution in [2.24, 2.45) is 0 Å². The molecule has 6 heteroatoms. The van der Waals surface area contributed by atoms with Crippen LogP contribution in [0.2, 0.25) is 0 Å². The molecular formula is C14H15N5O. The van der Waals surface area contributed by atoms with Crippen molar-refractivity contribution in [1.29, 1.82) is 0 Å². The second-order valence-electron chi connectivity index (χ2n) is 4.26. The normalized spacial score (nSPS) is 10.7. The van der Waals surface area contributed by atoms with E-state index < -0.39 is 0 Å². The third kappa shape index (κ3) is 2.69. The molecule has 0 N–H and O–H groups in total. The van der Waals surface area contributed by atoms with Gasteiger partial charge >= 0.3 is 0 Å². The van der Waals surface area contributed by atoms with E-state index >= 15 is 0 Å². The van der Waals surface area contributed by atoms with E-state index in [4.69, 9.17) is 4.74 Å². The monoisotopic (exact) mass is 269 g/mol. The van der Waals surface area contributed by atoms with E-state index in [1.54, 1.807) is 17.2 Å². The van der Waals surface area contributed by atoms with Gasteiger partial charge in [0.1, 0.15) is 12.9 Å². The molecule has 0 bridgehead atoms. The number of aryl methyl sites for hydroxylation is 1. The van der Waals surface area contributed by atoms with Gasteiger partial charge in [0, 0.05) is 6.54 Å². The molecule has 20 heavy (non-hydrogen) atoms. The zero-order valence-corrected chi connectivity index (χ0v) is 11.2. The molecule has 0 unspecified atom stereocenters. The van der Waals surface area contributed by atoms with Crippen molar-refractivity contribution in [2.45, 2.75) is 20.1 Å². The first-order chi connectivity index (χ1) is 9.85. The quantitative estimate of drug-likeness (QED) is 0.711. The lowest BCUT2D eigenvalue weighted by molar-refractivity contribution is 0.295. The van der Waals surface area contributed by atoms with Crippen LogP contribution in [0.1, 0.15) is 12.7 Å². The van der Waals surface area contributed by atoms with Crippen LogP contribution in [-0.4, -0.2) is 24.5 Å². The Labute approximate surface area is 116 Å². The van der Waals surface area contributed by atoms with E-state index in [1.165, 1.54) is 0 Å². The van der Waals surface area contributed by atoms with Crippen molar-refractivity contribution in [3.05, 3.63) is 54.9 Å². The van der Waals surface area contributed by atoms with Crippen LogP contribution in [0.25, 0.3) is 5.69 Å². The van der Waals surface area contributed by atoms with Crippen molar-refractivity contribution in [2.75, 3.05) is 0 Å². The highest BCUT2D eigenvalue weighted by atomic mass is 16.5. The first-order valence-electron chi connectivity index (χ1n) is 6.46. The summed E-state index contributed by atoms with van der Waals surface area (Å²) in [5.74, 6) is 1.36. The Bertz CT molecular complexity index is 674. The molecule has 0 aliphatic heterocycles. The Balaban J connectivity index is 1.65. The molecule has 3 aromatic rings. The van der Waals surface area contributed by atoms with Crippen LogP contribution in [-0.2, 0) is 13.2 Å². The standard InChI is InChI=1S/C14H15N5O/c1-2-18-9-13(8-16-18)20-10-14-15-11-19(17-14)12-6-4-3-5-7-12/h3-9,11H,2,10H2,1H3. The lowest BCUT2D eigenvalue weighted by Gasteiger charge is -2.00. The van der Waals surface area contributed by atoms with Gasteiger partial charge in [-0.25, -0.2) is 9.67 Å². The lowest BCUT2D eigenvalue weighted by atomic mass is 10.3. The molecule has 0 spiro atoms. The molecule has 0 amide bonds. The number of para-hydroxylation sites is 1. The topological polar surface area (TPSA) is 57.8 Å². The van der Waals surface area contributed by atoms with Gasteiger partial charge < -0.3 is 4.74 Å². The Morgan fingerprint density at radius 2 is 2.05 bits per heavy atom. The van der Waals surface area contributed by atoms with Crippen LogP contribution >= 0.6 is 0 Å². The molecule has 0 aliphatic carbocycles. The van der Waals surface area contributed by atoms with Gasteiger partial charge in [-0.05, 0) is 19.1 Å². The van der Waals surface area contributed by atoms with E-state index in [1.807, 2.05) is 48.1 Å². The molecule has 3 rings (SSSR count). The van der Waals surface area contributed by atoms with Gasteiger partial charge in [0.05, 0.1) is 18.1 Å². The highest BCUT2D eigenvalue weighted by Crippen LogP contribution is 2.10. The van der Waals surface area contributed by atoms with Gasteiger partial charge in [0.2, 0.25) is 0 Å². The van der Waals surface area contributed by atoms with E-state index in [2.05, 4.69) is 15.2 Å². The zero-order chi connectivity index (χ0) is 13.8. The zero-order valence-electron chi connectivity index (χ0n) is 11.2. The van der Waals surface area contributed by atoms with Crippen LogP contribution in [0.5, 0.6) is 5.75 Å². The second kappa shape index (κ2) is 5.56. The first-order valence-corrected chi connectivity index (χ1v) is 6.46. The largest absolute Gasteiger partial charge is 0.482 e. The maximum atomic E-state index is 5.60. The summed E-state index contributed by atoms with van der Waals surface area (Å²) in [6.45, 7) is 3.18. The minimum Gasteiger partial charge on any atom is -0.482 e. The Kier molecular flexibility index (Phi) is 3.45. The smallest absolute Gasteiger partial charge is 0.188 e. The van der Waals surface area contributed by atoms with Gasteiger partial charge in [-0.3, -0.25) is 4.68 Å². The number of benzene rings is 1. The summed E-state index contributed by atoms with van der Waals surface area (Å²) in [5.41, 5.74) is 0.977. The maximum absolute atomic E-state index is 5.60. The number of hydrogen-bond acceptors (Lipinski definition) is 4. The highest BCUT2D eigenvalue weighted by molar-refractivity contribution is 5.29. The van der Waals surface area contributed by atoms with E-state index in [0.29, 0.717) is 12.4 Å². The van der Waals surface area contributed by atoms with Gasteiger partial charge in [-0.2, -0.15) is 5.10 Å². The minimum atomic E-state index is 0.329. The van der Waals surface area contributed by atoms with Crippen molar-refractivity contribution >= 4 is 0 Å². The molecule has 6 nitrogen and oxygen atoms in total. The third-order valence-electron chi connectivity index (χ3n) is 2.86. The van der Waals surface area contributed by atoms with E-state index in [0.717, 1.165) is 18.0 Å². The van der Waals surface area contributed by atoms with Crippen LogP contribution in [0.4, 0.5) is 0 Å². The SMILES string of the molecule is CCn1cc(OCc2ncn(-c3ccccc3)n2)cn1. The van der Waals surface area contributed by atoms with Crippen LogP contribution in [0, 0.1) is 0 Å². The summed E-state index contributed by atoms with van der Waals surface area (Å²) < 4.78 is 9.14. The van der Waals surface area contributed by atoms with Crippen molar-refractivity contribution in [3.63, 3.8) is 0 Å². The molecule has 0 radical (unpaired) electrons. The average molecular weight is 269 g/mol. The fourth-order valence-electron chi connectivity index (χ4n) is 1.81. The van der Waals surface area contributed by atoms with Crippen molar-refractivity contribution in [3.8, 4) is 11.4 Å². The first kappa shape index (κ1) is 12.4. The minimum absolute atomic E-state index is 0.329. The highest BCUT2D eigenvalue weighted by Gasteiger charge is 2.04. The van der Waals surface area contributed by atoms with Gasteiger partial charge in [-0.15, -0.1) is 5.10 Å². The predicted octanol–water partition coefficient (Wildman–Crippen LogP) is 2.06. The second-order valence-corrected chi connectivity index (χ2v) is 4.26. The fourth-order valence-corrected chi connectivity index (χ4v) is 1.81. The van der Waals surface area contributed by atoms with Crippen LogP contribution in [0.3, 0.4) is 0 Å². The van der Waals surface area contributed by atoms with Crippen molar-refractivity contribution < 1.29 is 4.74 Å². The average Bonchev–Trinajstić information content (AvgIpc) is 3.15. The number of ether oxygens (including phenoxy) is 1. The number of rotatable bonds is 5. The summed E-state index contributed by atoms with van der Waals surface area (Å²) >= 11 is 0. The number of hydrogen-bond donors (Lipinski definition) is 0. The molecule has 102 valence electrons. The molecule has 0 aliphatic rings.